The summed E-state index contributed by atoms with van der Waals surface area (Å²) < 4.78 is 15.1. The predicted molar refractivity (Wildman–Crippen MR) is 97.7 cm³/mol. The van der Waals surface area contributed by atoms with Crippen molar-refractivity contribution in [3.05, 3.63) is 68.3 Å². The topological polar surface area (TPSA) is 134 Å². The van der Waals surface area contributed by atoms with Crippen LogP contribution in [0.4, 0.5) is 5.69 Å². The number of ether oxygens (including phenoxy) is 3. The number of hydrogen-bond acceptors (Lipinski definition) is 8. The Labute approximate surface area is 157 Å². The van der Waals surface area contributed by atoms with Crippen LogP contribution in [-0.4, -0.2) is 35.1 Å². The number of carbonyl (C=O) groups excluding carboxylic acids is 1. The largest absolute Gasteiger partial charge is 0.496 e. The van der Waals surface area contributed by atoms with E-state index in [1.807, 2.05) is 0 Å². The summed E-state index contributed by atoms with van der Waals surface area (Å²) in [4.78, 5) is 41.3. The van der Waals surface area contributed by atoms with Crippen LogP contribution in [0.25, 0.3) is 10.9 Å². The number of H-pyrrole nitrogens is 1. The summed E-state index contributed by atoms with van der Waals surface area (Å²) >= 11 is 0. The summed E-state index contributed by atoms with van der Waals surface area (Å²) in [6.45, 7) is -0.221. The number of carbonyl (C=O) groups is 1. The first-order chi connectivity index (χ1) is 13.4. The SMILES string of the molecule is COC(=O)c1ccc2c(=O)[nH]c(COc3ccc(OC)cc3[N+](=O)[O-])nc2c1. The highest BCUT2D eigenvalue weighted by Crippen LogP contribution is 2.31. The minimum absolute atomic E-state index is 0.00291. The minimum Gasteiger partial charge on any atom is -0.496 e. The van der Waals surface area contributed by atoms with Gasteiger partial charge in [-0.15, -0.1) is 0 Å². The van der Waals surface area contributed by atoms with Crippen LogP contribution in [0, 0.1) is 10.1 Å². The van der Waals surface area contributed by atoms with Gasteiger partial charge in [-0.2, -0.15) is 0 Å². The van der Waals surface area contributed by atoms with E-state index in [1.54, 1.807) is 0 Å². The van der Waals surface area contributed by atoms with Crippen LogP contribution < -0.4 is 15.0 Å². The molecule has 144 valence electrons. The highest BCUT2D eigenvalue weighted by Gasteiger charge is 2.17. The number of aromatic nitrogens is 2. The molecule has 2 aromatic carbocycles. The second kappa shape index (κ2) is 7.74. The number of nitrogens with zero attached hydrogens (tertiary/aromatic N) is 2. The van der Waals surface area contributed by atoms with Gasteiger partial charge in [0.15, 0.2) is 5.75 Å². The van der Waals surface area contributed by atoms with Gasteiger partial charge in [-0.25, -0.2) is 9.78 Å². The van der Waals surface area contributed by atoms with Gasteiger partial charge >= 0.3 is 11.7 Å². The van der Waals surface area contributed by atoms with Crippen molar-refractivity contribution in [2.75, 3.05) is 14.2 Å². The third kappa shape index (κ3) is 3.75. The lowest BCUT2D eigenvalue weighted by atomic mass is 10.1. The molecule has 3 rings (SSSR count). The molecule has 1 N–H and O–H groups in total. The summed E-state index contributed by atoms with van der Waals surface area (Å²) in [5, 5.41) is 11.5. The molecule has 0 saturated heterocycles. The Morgan fingerprint density at radius 3 is 2.68 bits per heavy atom. The molecular weight excluding hydrogens is 370 g/mol. The zero-order valence-corrected chi connectivity index (χ0v) is 14.9. The van der Waals surface area contributed by atoms with E-state index in [4.69, 9.17) is 9.47 Å². The lowest BCUT2D eigenvalue weighted by molar-refractivity contribution is -0.386. The molecule has 0 bridgehead atoms. The molecule has 1 heterocycles. The number of nitrogens with one attached hydrogen (secondary N) is 1. The second-order valence-corrected chi connectivity index (χ2v) is 5.62. The predicted octanol–water partition coefficient (Wildman–Crippen LogP) is 2.21. The third-order valence-electron chi connectivity index (χ3n) is 3.90. The zero-order valence-electron chi connectivity index (χ0n) is 14.9. The van der Waals surface area contributed by atoms with Gasteiger partial charge in [0, 0.05) is 0 Å². The highest BCUT2D eigenvalue weighted by molar-refractivity contribution is 5.93. The zero-order chi connectivity index (χ0) is 20.3. The fraction of sp³-hybridized carbons (Fsp3) is 0.167. The van der Waals surface area contributed by atoms with Crippen molar-refractivity contribution in [3.8, 4) is 11.5 Å². The van der Waals surface area contributed by atoms with Crippen LogP contribution in [0.15, 0.2) is 41.2 Å². The Hall–Kier alpha value is -3.95. The van der Waals surface area contributed by atoms with Crippen LogP contribution in [-0.2, 0) is 11.3 Å². The van der Waals surface area contributed by atoms with Crippen LogP contribution in [0.2, 0.25) is 0 Å². The Morgan fingerprint density at radius 2 is 2.00 bits per heavy atom. The molecule has 0 unspecified atom stereocenters. The minimum atomic E-state index is -0.600. The Bertz CT molecular complexity index is 1120. The van der Waals surface area contributed by atoms with Gasteiger partial charge < -0.3 is 19.2 Å². The van der Waals surface area contributed by atoms with Crippen LogP contribution >= 0.6 is 0 Å². The second-order valence-electron chi connectivity index (χ2n) is 5.62. The number of esters is 1. The van der Waals surface area contributed by atoms with Crippen LogP contribution in [0.1, 0.15) is 16.2 Å². The molecule has 3 aromatic rings. The normalized spacial score (nSPS) is 10.5. The number of rotatable bonds is 6. The van der Waals surface area contributed by atoms with Gasteiger partial charge in [0.1, 0.15) is 18.2 Å². The third-order valence-corrected chi connectivity index (χ3v) is 3.90. The lowest BCUT2D eigenvalue weighted by Gasteiger charge is -2.08. The molecular formula is C18H15N3O7. The molecule has 0 atom stereocenters. The molecule has 10 nitrogen and oxygen atoms in total. The van der Waals surface area contributed by atoms with E-state index in [0.29, 0.717) is 5.75 Å². The number of hydrogen-bond donors (Lipinski definition) is 1. The molecule has 0 aliphatic heterocycles. The quantitative estimate of drug-likeness (QED) is 0.388. The van der Waals surface area contributed by atoms with Gasteiger partial charge in [0.25, 0.3) is 5.56 Å². The van der Waals surface area contributed by atoms with Crippen LogP contribution in [0.5, 0.6) is 11.5 Å². The average molecular weight is 385 g/mol. The fourth-order valence-electron chi connectivity index (χ4n) is 2.54. The molecule has 0 aliphatic carbocycles. The monoisotopic (exact) mass is 385 g/mol. The van der Waals surface area contributed by atoms with E-state index in [9.17, 15) is 19.7 Å². The molecule has 0 saturated carbocycles. The molecule has 0 spiro atoms. The first-order valence-electron chi connectivity index (χ1n) is 7.99. The van der Waals surface area contributed by atoms with Gasteiger partial charge in [-0.1, -0.05) is 0 Å². The smallest absolute Gasteiger partial charge is 0.337 e. The molecule has 10 heteroatoms. The number of fused-ring (bicyclic) bond motifs is 1. The van der Waals surface area contributed by atoms with Gasteiger partial charge in [-0.3, -0.25) is 14.9 Å². The summed E-state index contributed by atoms with van der Waals surface area (Å²) in [6, 6.07) is 8.49. The first kappa shape index (κ1) is 18.8. The molecule has 0 radical (unpaired) electrons. The molecule has 28 heavy (non-hydrogen) atoms. The first-order valence-corrected chi connectivity index (χ1v) is 7.99. The van der Waals surface area contributed by atoms with Crippen molar-refractivity contribution in [1.29, 1.82) is 0 Å². The summed E-state index contributed by atoms with van der Waals surface area (Å²) in [7, 11) is 2.64. The van der Waals surface area contributed by atoms with Gasteiger partial charge in [-0.05, 0) is 30.3 Å². The highest BCUT2D eigenvalue weighted by atomic mass is 16.6. The molecule has 0 fully saturated rings. The van der Waals surface area contributed by atoms with Crippen molar-refractivity contribution in [3.63, 3.8) is 0 Å². The van der Waals surface area contributed by atoms with Crippen molar-refractivity contribution < 1.29 is 23.9 Å². The number of benzene rings is 2. The fourth-order valence-corrected chi connectivity index (χ4v) is 2.54. The Balaban J connectivity index is 1.92. The molecule has 1 aromatic heterocycles. The van der Waals surface area contributed by atoms with E-state index in [0.717, 1.165) is 0 Å². The van der Waals surface area contributed by atoms with E-state index < -0.39 is 16.5 Å². The van der Waals surface area contributed by atoms with Crippen molar-refractivity contribution in [1.82, 2.24) is 9.97 Å². The van der Waals surface area contributed by atoms with E-state index in [1.165, 1.54) is 50.6 Å². The van der Waals surface area contributed by atoms with Gasteiger partial charge in [0.2, 0.25) is 0 Å². The molecule has 0 aliphatic rings. The summed E-state index contributed by atoms with van der Waals surface area (Å²) in [6.07, 6.45) is 0. The number of nitro groups is 1. The lowest BCUT2D eigenvalue weighted by Crippen LogP contribution is -2.14. The Kier molecular flexibility index (Phi) is 5.21. The number of aromatic amines is 1. The number of methoxy groups -OCH3 is 2. The van der Waals surface area contributed by atoms with E-state index in [-0.39, 0.29) is 40.3 Å². The van der Waals surface area contributed by atoms with E-state index in [2.05, 4.69) is 14.7 Å². The summed E-state index contributed by atoms with van der Waals surface area (Å²) in [5.41, 5.74) is -0.194. The van der Waals surface area contributed by atoms with Crippen molar-refractivity contribution >= 4 is 22.6 Å². The van der Waals surface area contributed by atoms with Crippen molar-refractivity contribution in [2.45, 2.75) is 6.61 Å². The van der Waals surface area contributed by atoms with E-state index >= 15 is 0 Å². The summed E-state index contributed by atoms with van der Waals surface area (Å²) in [5.74, 6) is -0.108. The maximum Gasteiger partial charge on any atom is 0.337 e. The Morgan fingerprint density at radius 1 is 1.21 bits per heavy atom. The van der Waals surface area contributed by atoms with Gasteiger partial charge in [0.05, 0.1) is 41.7 Å². The maximum atomic E-state index is 12.2. The van der Waals surface area contributed by atoms with Crippen molar-refractivity contribution in [2.24, 2.45) is 0 Å². The maximum absolute atomic E-state index is 12.2. The number of nitro benzene ring substituents is 1. The standard InChI is InChI=1S/C18H15N3O7/c1-26-11-4-6-15(14(8-11)21(24)25)28-9-16-19-13-7-10(18(23)27-2)3-5-12(13)17(22)20-16/h3-8H,9H2,1-2H3,(H,19,20,22). The average Bonchev–Trinajstić information content (AvgIpc) is 2.71. The van der Waals surface area contributed by atoms with Crippen LogP contribution in [0.3, 0.4) is 0 Å². The molecule has 0 amide bonds.